The van der Waals surface area contributed by atoms with Crippen molar-refractivity contribution in [1.82, 2.24) is 0 Å². The van der Waals surface area contributed by atoms with Crippen LogP contribution >= 0.6 is 11.8 Å². The molecule has 0 saturated carbocycles. The highest BCUT2D eigenvalue weighted by molar-refractivity contribution is 8.00. The lowest BCUT2D eigenvalue weighted by Crippen LogP contribution is -2.19. The summed E-state index contributed by atoms with van der Waals surface area (Å²) in [5.74, 6) is -0.797. The lowest BCUT2D eigenvalue weighted by Gasteiger charge is -2.10. The molecule has 0 unspecified atom stereocenters. The minimum atomic E-state index is -0.525. The molecule has 2 amide bonds. The number of carbonyl (C=O) groups is 3. The fourth-order valence-corrected chi connectivity index (χ4v) is 3.44. The standard InChI is InChI=1S/C22H20N2O4S/c1-28-22(27)17-10-4-5-11-19(17)24-21(26)14-29-13-20(25)23-18-12-6-8-15-7-2-3-9-16(15)18/h2-12H,13-14H2,1H3,(H,23,25)(H,24,26). The number of para-hydroxylation sites is 1. The Balaban J connectivity index is 1.52. The number of methoxy groups -OCH3 is 1. The highest BCUT2D eigenvalue weighted by Crippen LogP contribution is 2.23. The van der Waals surface area contributed by atoms with Crippen molar-refractivity contribution >= 4 is 51.7 Å². The lowest BCUT2D eigenvalue weighted by atomic mass is 10.1. The molecule has 0 saturated heterocycles. The highest BCUT2D eigenvalue weighted by atomic mass is 32.2. The van der Waals surface area contributed by atoms with E-state index in [4.69, 9.17) is 4.74 Å². The first kappa shape index (κ1) is 20.4. The Morgan fingerprint density at radius 3 is 2.14 bits per heavy atom. The van der Waals surface area contributed by atoms with Gasteiger partial charge >= 0.3 is 5.97 Å². The Morgan fingerprint density at radius 1 is 0.793 bits per heavy atom. The number of nitrogens with one attached hydrogen (secondary N) is 2. The second-order valence-corrected chi connectivity index (χ2v) is 7.14. The zero-order chi connectivity index (χ0) is 20.6. The summed E-state index contributed by atoms with van der Waals surface area (Å²) in [6.45, 7) is 0. The van der Waals surface area contributed by atoms with Crippen molar-refractivity contribution in [2.24, 2.45) is 0 Å². The van der Waals surface area contributed by atoms with Gasteiger partial charge in [-0.2, -0.15) is 0 Å². The van der Waals surface area contributed by atoms with Gasteiger partial charge in [0, 0.05) is 11.1 Å². The number of esters is 1. The fraction of sp³-hybridized carbons (Fsp3) is 0.136. The van der Waals surface area contributed by atoms with E-state index in [9.17, 15) is 14.4 Å². The predicted octanol–water partition coefficient (Wildman–Crippen LogP) is 3.94. The highest BCUT2D eigenvalue weighted by Gasteiger charge is 2.14. The van der Waals surface area contributed by atoms with Crippen molar-refractivity contribution in [2.45, 2.75) is 0 Å². The molecule has 3 aromatic rings. The third kappa shape index (κ3) is 5.36. The molecule has 0 aliphatic heterocycles. The number of hydrogen-bond donors (Lipinski definition) is 2. The summed E-state index contributed by atoms with van der Waals surface area (Å²) in [5.41, 5.74) is 1.40. The first-order chi connectivity index (χ1) is 14.1. The summed E-state index contributed by atoms with van der Waals surface area (Å²) in [4.78, 5) is 36.2. The topological polar surface area (TPSA) is 84.5 Å². The molecule has 29 heavy (non-hydrogen) atoms. The van der Waals surface area contributed by atoms with Gasteiger partial charge in [-0.25, -0.2) is 4.79 Å². The first-order valence-corrected chi connectivity index (χ1v) is 10.1. The van der Waals surface area contributed by atoms with Crippen molar-refractivity contribution in [1.29, 1.82) is 0 Å². The van der Waals surface area contributed by atoms with Crippen LogP contribution in [0.4, 0.5) is 11.4 Å². The summed E-state index contributed by atoms with van der Waals surface area (Å²) in [6, 6.07) is 20.1. The van der Waals surface area contributed by atoms with Gasteiger partial charge in [0.05, 0.1) is 29.9 Å². The maximum Gasteiger partial charge on any atom is 0.339 e. The van der Waals surface area contributed by atoms with Gasteiger partial charge in [-0.15, -0.1) is 11.8 Å². The molecule has 2 N–H and O–H groups in total. The number of benzene rings is 3. The summed E-state index contributed by atoms with van der Waals surface area (Å²) in [7, 11) is 1.28. The Hall–Kier alpha value is -3.32. The number of carbonyl (C=O) groups excluding carboxylic acids is 3. The maximum absolute atomic E-state index is 12.3. The molecular formula is C22H20N2O4S. The van der Waals surface area contributed by atoms with Crippen LogP contribution in [0.3, 0.4) is 0 Å². The number of fused-ring (bicyclic) bond motifs is 1. The zero-order valence-corrected chi connectivity index (χ0v) is 16.6. The van der Waals surface area contributed by atoms with E-state index in [1.54, 1.807) is 24.3 Å². The fourth-order valence-electron chi connectivity index (χ4n) is 2.82. The van der Waals surface area contributed by atoms with Gasteiger partial charge in [0.1, 0.15) is 0 Å². The summed E-state index contributed by atoms with van der Waals surface area (Å²) in [6.07, 6.45) is 0. The molecule has 6 nitrogen and oxygen atoms in total. The van der Waals surface area contributed by atoms with Crippen molar-refractivity contribution < 1.29 is 19.1 Å². The average Bonchev–Trinajstić information content (AvgIpc) is 2.74. The van der Waals surface area contributed by atoms with Crippen molar-refractivity contribution in [2.75, 3.05) is 29.2 Å². The van der Waals surface area contributed by atoms with Crippen LogP contribution in [0, 0.1) is 0 Å². The number of anilines is 2. The van der Waals surface area contributed by atoms with E-state index in [2.05, 4.69) is 10.6 Å². The summed E-state index contributed by atoms with van der Waals surface area (Å²) >= 11 is 1.19. The second-order valence-electron chi connectivity index (χ2n) is 6.15. The van der Waals surface area contributed by atoms with E-state index in [1.165, 1.54) is 18.9 Å². The van der Waals surface area contributed by atoms with Crippen LogP contribution < -0.4 is 10.6 Å². The molecule has 0 spiro atoms. The van der Waals surface area contributed by atoms with E-state index >= 15 is 0 Å². The number of rotatable bonds is 7. The van der Waals surface area contributed by atoms with E-state index in [-0.39, 0.29) is 28.9 Å². The quantitative estimate of drug-likeness (QED) is 0.579. The van der Waals surface area contributed by atoms with Gasteiger partial charge in [-0.1, -0.05) is 48.5 Å². The smallest absolute Gasteiger partial charge is 0.339 e. The molecule has 0 fully saturated rings. The molecule has 0 aliphatic rings. The van der Waals surface area contributed by atoms with Crippen LogP contribution in [0.1, 0.15) is 10.4 Å². The van der Waals surface area contributed by atoms with Gasteiger partial charge in [-0.05, 0) is 23.6 Å². The van der Waals surface area contributed by atoms with E-state index < -0.39 is 5.97 Å². The minimum absolute atomic E-state index is 0.0818. The van der Waals surface area contributed by atoms with Gasteiger partial charge in [0.15, 0.2) is 0 Å². The molecule has 3 rings (SSSR count). The number of ether oxygens (including phenoxy) is 1. The molecule has 0 heterocycles. The van der Waals surface area contributed by atoms with Crippen molar-refractivity contribution in [3.8, 4) is 0 Å². The van der Waals surface area contributed by atoms with Crippen LogP contribution in [0.25, 0.3) is 10.8 Å². The molecule has 7 heteroatoms. The van der Waals surface area contributed by atoms with Crippen molar-refractivity contribution in [3.05, 3.63) is 72.3 Å². The largest absolute Gasteiger partial charge is 0.465 e. The van der Waals surface area contributed by atoms with E-state index in [1.807, 2.05) is 42.5 Å². The summed E-state index contributed by atoms with van der Waals surface area (Å²) < 4.78 is 4.71. The Morgan fingerprint density at radius 2 is 1.38 bits per heavy atom. The molecular weight excluding hydrogens is 388 g/mol. The zero-order valence-electron chi connectivity index (χ0n) is 15.8. The minimum Gasteiger partial charge on any atom is -0.465 e. The monoisotopic (exact) mass is 408 g/mol. The SMILES string of the molecule is COC(=O)c1ccccc1NC(=O)CSCC(=O)Nc1cccc2ccccc12. The first-order valence-electron chi connectivity index (χ1n) is 8.91. The predicted molar refractivity (Wildman–Crippen MR) is 116 cm³/mol. The van der Waals surface area contributed by atoms with Crippen molar-refractivity contribution in [3.63, 3.8) is 0 Å². The van der Waals surface area contributed by atoms with Crippen LogP contribution in [0.2, 0.25) is 0 Å². The van der Waals surface area contributed by atoms with Gasteiger partial charge in [0.2, 0.25) is 11.8 Å². The number of hydrogen-bond acceptors (Lipinski definition) is 5. The Labute approximate surface area is 172 Å². The molecule has 0 radical (unpaired) electrons. The van der Waals surface area contributed by atoms with Crippen LogP contribution in [-0.2, 0) is 14.3 Å². The average molecular weight is 408 g/mol. The molecule has 0 aromatic heterocycles. The van der Waals surface area contributed by atoms with Gasteiger partial charge in [-0.3, -0.25) is 9.59 Å². The maximum atomic E-state index is 12.3. The van der Waals surface area contributed by atoms with E-state index in [0.29, 0.717) is 5.69 Å². The molecule has 0 bridgehead atoms. The third-order valence-corrected chi connectivity index (χ3v) is 5.07. The molecule has 0 atom stereocenters. The van der Waals surface area contributed by atoms with E-state index in [0.717, 1.165) is 16.5 Å². The van der Waals surface area contributed by atoms with Crippen LogP contribution in [0.15, 0.2) is 66.7 Å². The van der Waals surface area contributed by atoms with Crippen LogP contribution in [0.5, 0.6) is 0 Å². The number of thioether (sulfide) groups is 1. The normalized spacial score (nSPS) is 10.4. The van der Waals surface area contributed by atoms with Gasteiger partial charge < -0.3 is 15.4 Å². The second kappa shape index (κ2) is 9.75. The molecule has 3 aromatic carbocycles. The lowest BCUT2D eigenvalue weighted by molar-refractivity contribution is -0.114. The third-order valence-electron chi connectivity index (χ3n) is 4.14. The molecule has 0 aliphatic carbocycles. The molecule has 148 valence electrons. The summed E-state index contributed by atoms with van der Waals surface area (Å²) in [5, 5.41) is 7.57. The Bertz CT molecular complexity index is 1050. The number of amides is 2. The van der Waals surface area contributed by atoms with Gasteiger partial charge in [0.25, 0.3) is 0 Å². The Kier molecular flexibility index (Phi) is 6.86. The van der Waals surface area contributed by atoms with Crippen LogP contribution in [-0.4, -0.2) is 36.4 Å².